The molecule has 3 rings (SSSR count). The summed E-state index contributed by atoms with van der Waals surface area (Å²) >= 11 is 0. The van der Waals surface area contributed by atoms with Gasteiger partial charge in [-0.1, -0.05) is 0 Å². The molecule has 13 heavy (non-hydrogen) atoms. The first-order chi connectivity index (χ1) is 6.36. The van der Waals surface area contributed by atoms with Crippen LogP contribution < -0.4 is 0 Å². The number of H-pyrrole nitrogens is 1. The summed E-state index contributed by atoms with van der Waals surface area (Å²) < 4.78 is 0. The van der Waals surface area contributed by atoms with Crippen LogP contribution in [0.15, 0.2) is 12.4 Å². The van der Waals surface area contributed by atoms with Crippen LogP contribution in [0, 0.1) is 6.92 Å². The topological polar surface area (TPSA) is 28.7 Å². The van der Waals surface area contributed by atoms with Gasteiger partial charge in [-0.25, -0.2) is 4.98 Å². The van der Waals surface area contributed by atoms with Crippen molar-refractivity contribution >= 4 is 11.0 Å². The molecule has 0 unspecified atom stereocenters. The summed E-state index contributed by atoms with van der Waals surface area (Å²) in [5.41, 5.74) is 5.36. The highest BCUT2D eigenvalue weighted by Crippen LogP contribution is 2.29. The van der Waals surface area contributed by atoms with E-state index in [9.17, 15) is 0 Å². The molecule has 1 N–H and O–H groups in total. The molecule has 2 heterocycles. The first-order valence-electron chi connectivity index (χ1n) is 4.80. The van der Waals surface area contributed by atoms with Crippen LogP contribution in [0.2, 0.25) is 0 Å². The predicted molar refractivity (Wildman–Crippen MR) is 52.9 cm³/mol. The Bertz CT molecular complexity index is 468. The van der Waals surface area contributed by atoms with Crippen LogP contribution in [0.3, 0.4) is 0 Å². The van der Waals surface area contributed by atoms with Crippen LogP contribution in [-0.2, 0) is 12.8 Å². The summed E-state index contributed by atoms with van der Waals surface area (Å²) in [6, 6.07) is 0. The lowest BCUT2D eigenvalue weighted by atomic mass is 9.92. The van der Waals surface area contributed by atoms with E-state index in [2.05, 4.69) is 23.1 Å². The van der Waals surface area contributed by atoms with Gasteiger partial charge in [0, 0.05) is 17.8 Å². The number of nitrogens with one attached hydrogen (secondary N) is 1. The standard InChI is InChI=1S/C11H12N2/c1-7-5-12-11-10-8(6-13-11)3-2-4-9(7)10/h5-6H,2-4H2,1H3,(H,12,13). The number of aromatic nitrogens is 2. The Kier molecular flexibility index (Phi) is 1.29. The third-order valence-corrected chi connectivity index (χ3v) is 2.98. The number of pyridine rings is 1. The lowest BCUT2D eigenvalue weighted by Gasteiger charge is -2.13. The van der Waals surface area contributed by atoms with Gasteiger partial charge in [-0.3, -0.25) is 0 Å². The maximum Gasteiger partial charge on any atom is 0.137 e. The third kappa shape index (κ3) is 0.857. The zero-order valence-corrected chi connectivity index (χ0v) is 7.72. The molecule has 0 amide bonds. The molecule has 0 fully saturated rings. The second kappa shape index (κ2) is 2.34. The summed E-state index contributed by atoms with van der Waals surface area (Å²) in [7, 11) is 0. The fourth-order valence-electron chi connectivity index (χ4n) is 2.30. The van der Waals surface area contributed by atoms with E-state index in [0.29, 0.717) is 0 Å². The molecule has 1 aliphatic rings. The van der Waals surface area contributed by atoms with Gasteiger partial charge in [-0.05, 0) is 42.9 Å². The molecule has 2 heteroatoms. The second-order valence-corrected chi connectivity index (χ2v) is 3.81. The smallest absolute Gasteiger partial charge is 0.137 e. The van der Waals surface area contributed by atoms with Crippen molar-refractivity contribution in [1.29, 1.82) is 0 Å². The quantitative estimate of drug-likeness (QED) is 0.649. The SMILES string of the molecule is Cc1cnc2[nH]cc3c2c1CCC3. The molecule has 0 aromatic carbocycles. The number of hydrogen-bond acceptors (Lipinski definition) is 1. The molecule has 2 aromatic heterocycles. The maximum absolute atomic E-state index is 4.39. The number of nitrogens with zero attached hydrogens (tertiary/aromatic N) is 1. The van der Waals surface area contributed by atoms with Gasteiger partial charge in [0.25, 0.3) is 0 Å². The van der Waals surface area contributed by atoms with Crippen molar-refractivity contribution in [2.75, 3.05) is 0 Å². The van der Waals surface area contributed by atoms with Crippen LogP contribution >= 0.6 is 0 Å². The van der Waals surface area contributed by atoms with Crippen molar-refractivity contribution in [3.8, 4) is 0 Å². The summed E-state index contributed by atoms with van der Waals surface area (Å²) in [4.78, 5) is 7.62. The van der Waals surface area contributed by atoms with Crippen molar-refractivity contribution in [1.82, 2.24) is 9.97 Å². The van der Waals surface area contributed by atoms with Gasteiger partial charge in [0.05, 0.1) is 0 Å². The average Bonchev–Trinajstić information content (AvgIpc) is 2.57. The van der Waals surface area contributed by atoms with Gasteiger partial charge < -0.3 is 4.98 Å². The second-order valence-electron chi connectivity index (χ2n) is 3.81. The first-order valence-corrected chi connectivity index (χ1v) is 4.80. The van der Waals surface area contributed by atoms with E-state index in [4.69, 9.17) is 0 Å². The molecular weight excluding hydrogens is 160 g/mol. The maximum atomic E-state index is 4.39. The van der Waals surface area contributed by atoms with Gasteiger partial charge in [0.2, 0.25) is 0 Å². The minimum absolute atomic E-state index is 1.07. The molecule has 1 aliphatic carbocycles. The zero-order chi connectivity index (χ0) is 8.84. The van der Waals surface area contributed by atoms with Gasteiger partial charge in [-0.2, -0.15) is 0 Å². The monoisotopic (exact) mass is 172 g/mol. The number of aryl methyl sites for hydroxylation is 3. The lowest BCUT2D eigenvalue weighted by Crippen LogP contribution is -2.01. The number of hydrogen-bond donors (Lipinski definition) is 1. The Balaban J connectivity index is 2.50. The lowest BCUT2D eigenvalue weighted by molar-refractivity contribution is 0.804. The molecule has 0 saturated carbocycles. The molecule has 2 nitrogen and oxygen atoms in total. The summed E-state index contributed by atoms with van der Waals surface area (Å²) in [5.74, 6) is 0. The molecule has 2 aromatic rings. The van der Waals surface area contributed by atoms with Crippen LogP contribution in [0.5, 0.6) is 0 Å². The van der Waals surface area contributed by atoms with E-state index in [0.717, 1.165) is 5.65 Å². The molecule has 0 bridgehead atoms. The Hall–Kier alpha value is -1.31. The van der Waals surface area contributed by atoms with Crippen molar-refractivity contribution < 1.29 is 0 Å². The Morgan fingerprint density at radius 2 is 2.31 bits per heavy atom. The van der Waals surface area contributed by atoms with Crippen LogP contribution in [0.4, 0.5) is 0 Å². The molecule has 66 valence electrons. The molecular formula is C11H12N2. The number of aromatic amines is 1. The van der Waals surface area contributed by atoms with E-state index in [1.54, 1.807) is 0 Å². The van der Waals surface area contributed by atoms with Crippen LogP contribution in [0.1, 0.15) is 23.1 Å². The van der Waals surface area contributed by atoms with Crippen molar-refractivity contribution in [3.05, 3.63) is 29.1 Å². The molecule has 0 saturated heterocycles. The van der Waals surface area contributed by atoms with Gasteiger partial charge >= 0.3 is 0 Å². The van der Waals surface area contributed by atoms with E-state index in [1.165, 1.54) is 41.3 Å². The van der Waals surface area contributed by atoms with E-state index in [1.807, 2.05) is 6.20 Å². The van der Waals surface area contributed by atoms with Gasteiger partial charge in [0.1, 0.15) is 5.65 Å². The number of rotatable bonds is 0. The van der Waals surface area contributed by atoms with E-state index in [-0.39, 0.29) is 0 Å². The largest absolute Gasteiger partial charge is 0.346 e. The minimum Gasteiger partial charge on any atom is -0.346 e. The molecule has 0 atom stereocenters. The van der Waals surface area contributed by atoms with Crippen molar-refractivity contribution in [2.45, 2.75) is 26.2 Å². The van der Waals surface area contributed by atoms with Gasteiger partial charge in [0.15, 0.2) is 0 Å². The zero-order valence-electron chi connectivity index (χ0n) is 7.72. The molecule has 0 aliphatic heterocycles. The Morgan fingerprint density at radius 1 is 1.38 bits per heavy atom. The Morgan fingerprint density at radius 3 is 3.23 bits per heavy atom. The van der Waals surface area contributed by atoms with Crippen molar-refractivity contribution in [2.24, 2.45) is 0 Å². The normalized spacial score (nSPS) is 15.2. The average molecular weight is 172 g/mol. The summed E-state index contributed by atoms with van der Waals surface area (Å²) in [6.45, 7) is 2.16. The first kappa shape index (κ1) is 7.13. The van der Waals surface area contributed by atoms with E-state index < -0.39 is 0 Å². The van der Waals surface area contributed by atoms with Crippen LogP contribution in [-0.4, -0.2) is 9.97 Å². The summed E-state index contributed by atoms with van der Waals surface area (Å²) in [6.07, 6.45) is 7.79. The fourth-order valence-corrected chi connectivity index (χ4v) is 2.30. The van der Waals surface area contributed by atoms with Gasteiger partial charge in [-0.15, -0.1) is 0 Å². The predicted octanol–water partition coefficient (Wildman–Crippen LogP) is 2.36. The highest BCUT2D eigenvalue weighted by atomic mass is 14.8. The highest BCUT2D eigenvalue weighted by Gasteiger charge is 2.15. The van der Waals surface area contributed by atoms with Crippen molar-refractivity contribution in [3.63, 3.8) is 0 Å². The van der Waals surface area contributed by atoms with Crippen LogP contribution in [0.25, 0.3) is 11.0 Å². The Labute approximate surface area is 77.0 Å². The molecule has 0 spiro atoms. The summed E-state index contributed by atoms with van der Waals surface area (Å²) in [5, 5.41) is 1.39. The van der Waals surface area contributed by atoms with E-state index >= 15 is 0 Å². The fraction of sp³-hybridized carbons (Fsp3) is 0.364. The minimum atomic E-state index is 1.07. The highest BCUT2D eigenvalue weighted by molar-refractivity contribution is 5.85. The molecule has 0 radical (unpaired) electrons. The third-order valence-electron chi connectivity index (χ3n) is 2.98.